The molecular formula is C45H35N3S. The topological polar surface area (TPSA) is 41.1 Å². The summed E-state index contributed by atoms with van der Waals surface area (Å²) in [6.45, 7) is 10.7. The molecule has 0 unspecified atom stereocenters. The number of nitrogens with zero attached hydrogens (tertiary/aromatic N) is 3. The maximum absolute atomic E-state index is 9.48. The van der Waals surface area contributed by atoms with Crippen molar-refractivity contribution in [3.8, 4) is 22.9 Å². The van der Waals surface area contributed by atoms with Crippen LogP contribution in [0.2, 0.25) is 0 Å². The predicted octanol–water partition coefficient (Wildman–Crippen LogP) is 10.6. The molecule has 8 rings (SSSR count). The Morgan fingerprint density at radius 3 is 2.04 bits per heavy atom. The largest absolute Gasteiger partial charge is 0.309 e. The molecule has 0 aliphatic carbocycles. The molecule has 49 heavy (non-hydrogen) atoms. The molecule has 0 amide bonds. The number of hydrogen-bond acceptors (Lipinski definition) is 3. The van der Waals surface area contributed by atoms with Crippen molar-refractivity contribution in [3.63, 3.8) is 0 Å². The van der Waals surface area contributed by atoms with Gasteiger partial charge in [-0.3, -0.25) is 4.99 Å². The molecule has 2 aromatic heterocycles. The van der Waals surface area contributed by atoms with Gasteiger partial charge in [-0.1, -0.05) is 124 Å². The van der Waals surface area contributed by atoms with Crippen molar-refractivity contribution < 1.29 is 0 Å². The van der Waals surface area contributed by atoms with E-state index in [0.717, 1.165) is 59.2 Å². The Morgan fingerprint density at radius 1 is 0.694 bits per heavy atom. The van der Waals surface area contributed by atoms with E-state index in [0.29, 0.717) is 5.56 Å². The standard InChI is InChI=1S/C43H29N3S.C2H6/c1-28-41-35(33-17-11-18-34(26-33)46-38-22-8-6-19-36(38)37-20-7-9-23-39(37)46)21-12-24-40(41)47-43(28)42(31-14-4-3-5-15-31)45-29(2)32-16-10-13-30(25-32)27-44;1-2/h3-26H,1H2,2H3;1-2H3/b43-42+,45-29?;. The zero-order valence-electron chi connectivity index (χ0n) is 27.8. The van der Waals surface area contributed by atoms with Gasteiger partial charge in [-0.2, -0.15) is 5.26 Å². The highest BCUT2D eigenvalue weighted by atomic mass is 32.1. The minimum Gasteiger partial charge on any atom is -0.309 e. The Labute approximate surface area is 290 Å². The lowest BCUT2D eigenvalue weighted by atomic mass is 10.00. The van der Waals surface area contributed by atoms with E-state index in [-0.39, 0.29) is 0 Å². The lowest BCUT2D eigenvalue weighted by Crippen LogP contribution is -2.20. The van der Waals surface area contributed by atoms with Gasteiger partial charge < -0.3 is 4.57 Å². The Morgan fingerprint density at radius 2 is 1.33 bits per heavy atom. The highest BCUT2D eigenvalue weighted by molar-refractivity contribution is 7.17. The third-order valence-electron chi connectivity index (χ3n) is 8.76. The first-order valence-electron chi connectivity index (χ1n) is 16.6. The van der Waals surface area contributed by atoms with E-state index in [1.165, 1.54) is 21.8 Å². The molecule has 6 aromatic carbocycles. The van der Waals surface area contributed by atoms with Crippen LogP contribution in [0.15, 0.2) is 151 Å². The summed E-state index contributed by atoms with van der Waals surface area (Å²) in [5.41, 5.74) is 10.1. The van der Waals surface area contributed by atoms with Crippen LogP contribution in [0, 0.1) is 11.3 Å². The lowest BCUT2D eigenvalue weighted by Gasteiger charge is -2.11. The molecule has 236 valence electrons. The lowest BCUT2D eigenvalue weighted by molar-refractivity contribution is 1.18. The van der Waals surface area contributed by atoms with E-state index >= 15 is 0 Å². The number of rotatable bonds is 5. The van der Waals surface area contributed by atoms with Gasteiger partial charge in [0.05, 0.1) is 32.9 Å². The summed E-state index contributed by atoms with van der Waals surface area (Å²) in [5.74, 6) is 0. The zero-order valence-corrected chi connectivity index (χ0v) is 28.6. The fourth-order valence-corrected chi connectivity index (χ4v) is 7.73. The van der Waals surface area contributed by atoms with E-state index in [4.69, 9.17) is 4.99 Å². The molecule has 8 aromatic rings. The molecule has 2 heterocycles. The summed E-state index contributed by atoms with van der Waals surface area (Å²) in [5, 5.41) is 14.1. The molecule has 0 aliphatic rings. The van der Waals surface area contributed by atoms with Gasteiger partial charge in [0.25, 0.3) is 0 Å². The van der Waals surface area contributed by atoms with Crippen LogP contribution in [0.5, 0.6) is 0 Å². The second-order valence-electron chi connectivity index (χ2n) is 11.6. The second-order valence-corrected chi connectivity index (χ2v) is 12.7. The predicted molar refractivity (Wildman–Crippen MR) is 210 cm³/mol. The summed E-state index contributed by atoms with van der Waals surface area (Å²) < 4.78 is 4.56. The van der Waals surface area contributed by atoms with Gasteiger partial charge in [-0.25, -0.2) is 0 Å². The van der Waals surface area contributed by atoms with Crippen molar-refractivity contribution in [2.45, 2.75) is 20.8 Å². The summed E-state index contributed by atoms with van der Waals surface area (Å²) in [6, 6.07) is 52.7. The van der Waals surface area contributed by atoms with E-state index in [1.54, 1.807) is 11.3 Å². The third-order valence-corrected chi connectivity index (χ3v) is 9.96. The molecule has 0 spiro atoms. The van der Waals surface area contributed by atoms with Gasteiger partial charge >= 0.3 is 0 Å². The van der Waals surface area contributed by atoms with Gasteiger partial charge in [0.1, 0.15) is 0 Å². The van der Waals surface area contributed by atoms with Crippen LogP contribution in [0.3, 0.4) is 0 Å². The third kappa shape index (κ3) is 5.75. The highest BCUT2D eigenvalue weighted by Gasteiger charge is 2.15. The number of nitriles is 1. The van der Waals surface area contributed by atoms with Crippen LogP contribution in [0.25, 0.3) is 61.0 Å². The first kappa shape index (κ1) is 31.6. The maximum atomic E-state index is 9.48. The molecule has 0 radical (unpaired) electrons. The Kier molecular flexibility index (Phi) is 8.77. The van der Waals surface area contributed by atoms with Crippen LogP contribution in [-0.2, 0) is 0 Å². The molecule has 4 heteroatoms. The normalized spacial score (nSPS) is 12.1. The number of hydrogen-bond donors (Lipinski definition) is 0. The van der Waals surface area contributed by atoms with E-state index < -0.39 is 0 Å². The summed E-state index contributed by atoms with van der Waals surface area (Å²) in [7, 11) is 0. The first-order valence-corrected chi connectivity index (χ1v) is 17.4. The molecule has 0 saturated heterocycles. The van der Waals surface area contributed by atoms with Crippen molar-refractivity contribution in [2.75, 3.05) is 0 Å². The minimum atomic E-state index is 0.616. The van der Waals surface area contributed by atoms with Crippen LogP contribution in [0.4, 0.5) is 0 Å². The molecule has 0 N–H and O–H groups in total. The van der Waals surface area contributed by atoms with Gasteiger partial charge in [0, 0.05) is 37.8 Å². The summed E-state index contributed by atoms with van der Waals surface area (Å²) >= 11 is 1.72. The Hall–Kier alpha value is -6.02. The Balaban J connectivity index is 0.00000186. The number of fused-ring (bicyclic) bond motifs is 4. The zero-order chi connectivity index (χ0) is 33.9. The molecule has 0 aliphatic heterocycles. The van der Waals surface area contributed by atoms with E-state index in [2.05, 4.69) is 120 Å². The number of aliphatic imine (C=N–C) groups is 1. The van der Waals surface area contributed by atoms with E-state index in [9.17, 15) is 5.26 Å². The average Bonchev–Trinajstić information content (AvgIpc) is 3.69. The summed E-state index contributed by atoms with van der Waals surface area (Å²) in [4.78, 5) is 5.22. The molecule has 0 bridgehead atoms. The monoisotopic (exact) mass is 649 g/mol. The quantitative estimate of drug-likeness (QED) is 0.171. The number of aromatic nitrogens is 1. The van der Waals surface area contributed by atoms with Crippen molar-refractivity contribution >= 4 is 61.2 Å². The molecular weight excluding hydrogens is 615 g/mol. The Bertz CT molecular complexity index is 2620. The highest BCUT2D eigenvalue weighted by Crippen LogP contribution is 2.34. The van der Waals surface area contributed by atoms with Gasteiger partial charge in [-0.05, 0) is 71.3 Å². The van der Waals surface area contributed by atoms with Crippen LogP contribution in [-0.4, -0.2) is 10.3 Å². The number of para-hydroxylation sites is 2. The average molecular weight is 650 g/mol. The van der Waals surface area contributed by atoms with Crippen molar-refractivity contribution in [1.29, 1.82) is 5.26 Å². The number of thiophene rings is 1. The minimum absolute atomic E-state index is 0.616. The SMILES string of the molecule is C=c1/c(=C(\N=C(C)c2cccc(C#N)c2)c2ccccc2)sc2cccc(-c3cccc(-n4c5ccccc5c5ccccc54)c3)c12.CC. The fourth-order valence-electron chi connectivity index (χ4n) is 6.55. The van der Waals surface area contributed by atoms with Crippen molar-refractivity contribution in [2.24, 2.45) is 4.99 Å². The van der Waals surface area contributed by atoms with Crippen LogP contribution < -0.4 is 9.75 Å². The van der Waals surface area contributed by atoms with Crippen molar-refractivity contribution in [1.82, 2.24) is 4.57 Å². The molecule has 0 atom stereocenters. The van der Waals surface area contributed by atoms with Crippen molar-refractivity contribution in [3.05, 3.63) is 172 Å². The first-order chi connectivity index (χ1) is 24.1. The fraction of sp³-hybridized carbons (Fsp3) is 0.0667. The van der Waals surface area contributed by atoms with Gasteiger partial charge in [0.2, 0.25) is 0 Å². The maximum Gasteiger partial charge on any atom is 0.0991 e. The van der Waals surface area contributed by atoms with Crippen LogP contribution in [0.1, 0.15) is 37.5 Å². The van der Waals surface area contributed by atoms with Gasteiger partial charge in [0.15, 0.2) is 0 Å². The van der Waals surface area contributed by atoms with Gasteiger partial charge in [-0.15, -0.1) is 11.3 Å². The van der Waals surface area contributed by atoms with E-state index in [1.807, 2.05) is 63.2 Å². The number of benzene rings is 6. The molecule has 3 nitrogen and oxygen atoms in total. The molecule has 0 fully saturated rings. The second kappa shape index (κ2) is 13.6. The van der Waals surface area contributed by atoms with Crippen LogP contribution >= 0.6 is 11.3 Å². The molecule has 0 saturated carbocycles. The smallest absolute Gasteiger partial charge is 0.0991 e. The summed E-state index contributed by atoms with van der Waals surface area (Å²) in [6.07, 6.45) is 0.